The molecule has 8 heteroatoms. The van der Waals surface area contributed by atoms with Crippen molar-refractivity contribution in [1.29, 1.82) is 0 Å². The minimum absolute atomic E-state index is 0.251. The molecule has 0 bridgehead atoms. The number of hydrogen-bond donors (Lipinski definition) is 2. The monoisotopic (exact) mass is 303 g/mol. The number of thiol groups is 1. The Labute approximate surface area is 121 Å². The Morgan fingerprint density at radius 3 is 2.74 bits per heavy atom. The zero-order valence-corrected chi connectivity index (χ0v) is 13.0. The Morgan fingerprint density at radius 2 is 2.21 bits per heavy atom. The number of amides is 2. The molecule has 0 saturated heterocycles. The van der Waals surface area contributed by atoms with E-state index in [0.717, 1.165) is 4.31 Å². The highest BCUT2D eigenvalue weighted by molar-refractivity contribution is 7.82. The third kappa shape index (κ3) is 5.07. The van der Waals surface area contributed by atoms with Crippen LogP contribution in [0.4, 0.5) is 9.80 Å². The van der Waals surface area contributed by atoms with Gasteiger partial charge in [0.05, 0.1) is 12.2 Å². The van der Waals surface area contributed by atoms with Crippen molar-refractivity contribution in [2.75, 3.05) is 4.31 Å². The van der Waals surface area contributed by atoms with Gasteiger partial charge in [0, 0.05) is 0 Å². The summed E-state index contributed by atoms with van der Waals surface area (Å²) in [6.45, 7) is 7.40. The summed E-state index contributed by atoms with van der Waals surface area (Å²) in [5.74, 6) is 0. The quantitative estimate of drug-likeness (QED) is 0.661. The average Bonchev–Trinajstić information content (AvgIpc) is 2.65. The van der Waals surface area contributed by atoms with Crippen LogP contribution in [0, 0.1) is 6.92 Å². The van der Waals surface area contributed by atoms with Gasteiger partial charge in [-0.15, -0.1) is 0 Å². The highest BCUT2D eigenvalue weighted by Crippen LogP contribution is 2.28. The number of hydrogen-bond acceptors (Lipinski definition) is 6. The molecule has 1 N–H and O–H groups in total. The van der Waals surface area contributed by atoms with E-state index in [1.165, 1.54) is 11.3 Å². The Bertz CT molecular complexity index is 468. The molecular formula is C11H17N3O3S2. The largest absolute Gasteiger partial charge is 0.444 e. The molecule has 1 aromatic rings. The van der Waals surface area contributed by atoms with E-state index in [9.17, 15) is 9.59 Å². The smallest absolute Gasteiger partial charge is 0.408 e. The molecule has 6 nitrogen and oxygen atoms in total. The number of carbonyl (C=O) groups is 2. The lowest BCUT2D eigenvalue weighted by atomic mass is 10.2. The number of ether oxygens (including phenoxy) is 1. The first-order valence-corrected chi connectivity index (χ1v) is 6.81. The van der Waals surface area contributed by atoms with Crippen LogP contribution in [-0.4, -0.2) is 23.1 Å². The summed E-state index contributed by atoms with van der Waals surface area (Å²) < 4.78 is 6.27. The molecule has 0 saturated carbocycles. The topological polar surface area (TPSA) is 71.5 Å². The minimum atomic E-state index is -0.534. The molecule has 0 spiro atoms. The van der Waals surface area contributed by atoms with E-state index in [0.29, 0.717) is 22.1 Å². The van der Waals surface area contributed by atoms with E-state index >= 15 is 0 Å². The second-order valence-electron chi connectivity index (χ2n) is 4.80. The molecule has 0 unspecified atom stereocenters. The molecule has 2 amide bonds. The zero-order chi connectivity index (χ0) is 14.6. The Balaban J connectivity index is 2.59. The van der Waals surface area contributed by atoms with E-state index in [-0.39, 0.29) is 6.54 Å². The Hall–Kier alpha value is -1.28. The van der Waals surface area contributed by atoms with Gasteiger partial charge in [0.2, 0.25) is 6.41 Å². The van der Waals surface area contributed by atoms with Crippen molar-refractivity contribution in [2.24, 2.45) is 0 Å². The highest BCUT2D eigenvalue weighted by Gasteiger charge is 2.17. The standard InChI is InChI=1S/C11H17N3O3S2/c1-7-9(14(18)6-15)19-8(13-7)5-12-10(16)17-11(2,3)4/h6,18H,5H2,1-4H3,(H,12,16). The summed E-state index contributed by atoms with van der Waals surface area (Å²) in [6.07, 6.45) is 0.0920. The van der Waals surface area contributed by atoms with E-state index < -0.39 is 11.7 Å². The van der Waals surface area contributed by atoms with E-state index in [2.05, 4.69) is 23.1 Å². The van der Waals surface area contributed by atoms with Crippen molar-refractivity contribution in [3.8, 4) is 0 Å². The maximum atomic E-state index is 11.5. The van der Waals surface area contributed by atoms with Crippen LogP contribution in [0.3, 0.4) is 0 Å². The number of thiazole rings is 1. The van der Waals surface area contributed by atoms with Gasteiger partial charge in [-0.3, -0.25) is 4.79 Å². The first kappa shape index (κ1) is 15.8. The van der Waals surface area contributed by atoms with Crippen molar-refractivity contribution in [3.05, 3.63) is 10.7 Å². The number of nitrogens with one attached hydrogen (secondary N) is 1. The molecule has 0 aliphatic heterocycles. The second-order valence-corrected chi connectivity index (χ2v) is 6.30. The van der Waals surface area contributed by atoms with Gasteiger partial charge in [-0.1, -0.05) is 24.2 Å². The molecule has 1 aromatic heterocycles. The van der Waals surface area contributed by atoms with Crippen molar-refractivity contribution < 1.29 is 14.3 Å². The zero-order valence-electron chi connectivity index (χ0n) is 11.3. The molecule has 106 valence electrons. The lowest BCUT2D eigenvalue weighted by molar-refractivity contribution is -0.106. The fraction of sp³-hybridized carbons (Fsp3) is 0.545. The van der Waals surface area contributed by atoms with Gasteiger partial charge < -0.3 is 10.1 Å². The number of aromatic nitrogens is 1. The van der Waals surface area contributed by atoms with Crippen LogP contribution >= 0.6 is 24.2 Å². The lowest BCUT2D eigenvalue weighted by Crippen LogP contribution is -2.32. The van der Waals surface area contributed by atoms with Crippen LogP contribution < -0.4 is 9.62 Å². The molecule has 0 fully saturated rings. The van der Waals surface area contributed by atoms with Gasteiger partial charge in [-0.05, 0) is 27.7 Å². The molecular weight excluding hydrogens is 286 g/mol. The predicted octanol–water partition coefficient (Wildman–Crippen LogP) is 2.28. The number of aryl methyl sites for hydroxylation is 1. The van der Waals surface area contributed by atoms with Crippen LogP contribution in [0.15, 0.2) is 0 Å². The second kappa shape index (κ2) is 6.25. The van der Waals surface area contributed by atoms with Crippen LogP contribution in [0.1, 0.15) is 31.5 Å². The van der Waals surface area contributed by atoms with Gasteiger partial charge in [-0.25, -0.2) is 14.1 Å². The Morgan fingerprint density at radius 1 is 1.58 bits per heavy atom. The molecule has 0 aromatic carbocycles. The number of nitrogens with zero attached hydrogens (tertiary/aromatic N) is 2. The van der Waals surface area contributed by atoms with E-state index in [1.54, 1.807) is 27.7 Å². The molecule has 0 aliphatic carbocycles. The van der Waals surface area contributed by atoms with Gasteiger partial charge in [-0.2, -0.15) is 0 Å². The van der Waals surface area contributed by atoms with Crippen LogP contribution in [-0.2, 0) is 16.1 Å². The van der Waals surface area contributed by atoms with Crippen LogP contribution in [0.5, 0.6) is 0 Å². The number of carbonyl (C=O) groups excluding carboxylic acids is 2. The SMILES string of the molecule is Cc1nc(CNC(=O)OC(C)(C)C)sc1N(S)C=O. The van der Waals surface area contributed by atoms with Gasteiger partial charge >= 0.3 is 6.09 Å². The van der Waals surface area contributed by atoms with Crippen molar-refractivity contribution in [1.82, 2.24) is 10.3 Å². The van der Waals surface area contributed by atoms with Gasteiger partial charge in [0.1, 0.15) is 15.6 Å². The van der Waals surface area contributed by atoms with Crippen molar-refractivity contribution in [2.45, 2.75) is 39.8 Å². The summed E-state index contributed by atoms with van der Waals surface area (Å²) in [7, 11) is 0. The number of alkyl carbamates (subject to hydrolysis) is 1. The predicted molar refractivity (Wildman–Crippen MR) is 77.5 cm³/mol. The van der Waals surface area contributed by atoms with E-state index in [1.807, 2.05) is 0 Å². The van der Waals surface area contributed by atoms with Gasteiger partial charge in [0.15, 0.2) is 0 Å². The summed E-state index contributed by atoms with van der Waals surface area (Å²) in [5, 5.41) is 3.93. The molecule has 0 aliphatic rings. The molecule has 0 atom stereocenters. The van der Waals surface area contributed by atoms with E-state index in [4.69, 9.17) is 4.74 Å². The third-order valence-corrected chi connectivity index (χ3v) is 3.49. The summed E-state index contributed by atoms with van der Waals surface area (Å²) in [5.41, 5.74) is 0.154. The molecule has 1 heterocycles. The fourth-order valence-electron chi connectivity index (χ4n) is 1.24. The maximum Gasteiger partial charge on any atom is 0.408 e. The molecule has 19 heavy (non-hydrogen) atoms. The maximum absolute atomic E-state index is 11.5. The average molecular weight is 303 g/mol. The Kier molecular flexibility index (Phi) is 5.19. The van der Waals surface area contributed by atoms with Crippen molar-refractivity contribution >= 4 is 41.7 Å². The first-order valence-electron chi connectivity index (χ1n) is 5.59. The highest BCUT2D eigenvalue weighted by atomic mass is 32.1. The number of rotatable bonds is 4. The van der Waals surface area contributed by atoms with Gasteiger partial charge in [0.25, 0.3) is 0 Å². The summed E-state index contributed by atoms with van der Waals surface area (Å²) in [6, 6.07) is 0. The molecule has 1 rings (SSSR count). The van der Waals surface area contributed by atoms with Crippen LogP contribution in [0.2, 0.25) is 0 Å². The normalized spacial score (nSPS) is 11.0. The fourth-order valence-corrected chi connectivity index (χ4v) is 2.39. The summed E-state index contributed by atoms with van der Waals surface area (Å²) in [4.78, 5) is 26.4. The van der Waals surface area contributed by atoms with Crippen molar-refractivity contribution in [3.63, 3.8) is 0 Å². The summed E-state index contributed by atoms with van der Waals surface area (Å²) >= 11 is 5.28. The number of anilines is 1. The lowest BCUT2D eigenvalue weighted by Gasteiger charge is -2.19. The minimum Gasteiger partial charge on any atom is -0.444 e. The third-order valence-electron chi connectivity index (χ3n) is 1.91. The van der Waals surface area contributed by atoms with Crippen LogP contribution in [0.25, 0.3) is 0 Å². The molecule has 0 radical (unpaired) electrons. The first-order chi connectivity index (χ1) is 8.73.